The first-order valence-electron chi connectivity index (χ1n) is 5.81. The molecular formula is C13H16N2O2. The average molecular weight is 232 g/mol. The third-order valence-corrected chi connectivity index (χ3v) is 2.95. The number of piperidine rings is 1. The van der Waals surface area contributed by atoms with E-state index < -0.39 is 0 Å². The van der Waals surface area contributed by atoms with Gasteiger partial charge in [-0.25, -0.2) is 0 Å². The van der Waals surface area contributed by atoms with E-state index in [9.17, 15) is 9.59 Å². The number of amides is 2. The van der Waals surface area contributed by atoms with Gasteiger partial charge in [-0.15, -0.1) is 0 Å². The normalized spacial score (nSPS) is 18.4. The maximum absolute atomic E-state index is 11.8. The average Bonchev–Trinajstić information content (AvgIpc) is 2.29. The van der Waals surface area contributed by atoms with Crippen molar-refractivity contribution in [3.8, 4) is 0 Å². The monoisotopic (exact) mass is 232 g/mol. The number of hydrogen-bond donors (Lipinski definition) is 1. The fourth-order valence-corrected chi connectivity index (χ4v) is 2.10. The van der Waals surface area contributed by atoms with E-state index >= 15 is 0 Å². The molecule has 0 aromatic heterocycles. The van der Waals surface area contributed by atoms with Crippen molar-refractivity contribution in [3.63, 3.8) is 0 Å². The molecule has 1 saturated heterocycles. The molecule has 0 aliphatic carbocycles. The Morgan fingerprint density at radius 2 is 1.76 bits per heavy atom. The predicted molar refractivity (Wildman–Crippen MR) is 65.4 cm³/mol. The molecule has 1 heterocycles. The van der Waals surface area contributed by atoms with Crippen molar-refractivity contribution in [2.45, 2.75) is 32.2 Å². The van der Waals surface area contributed by atoms with Crippen LogP contribution >= 0.6 is 0 Å². The number of benzene rings is 1. The lowest BCUT2D eigenvalue weighted by Crippen LogP contribution is -2.41. The number of nitrogens with zero attached hydrogens (tertiary/aromatic N) is 1. The van der Waals surface area contributed by atoms with Gasteiger partial charge in [-0.1, -0.05) is 18.2 Å². The third kappa shape index (κ3) is 2.22. The Morgan fingerprint density at radius 1 is 1.18 bits per heavy atom. The number of carbonyl (C=O) groups is 2. The van der Waals surface area contributed by atoms with Crippen LogP contribution in [-0.2, 0) is 9.59 Å². The Balaban J connectivity index is 2.44. The largest absolute Gasteiger partial charge is 0.324 e. The Hall–Kier alpha value is -1.68. The Labute approximate surface area is 100 Å². The van der Waals surface area contributed by atoms with Gasteiger partial charge in [-0.05, 0) is 25.0 Å². The number of nitrogens with two attached hydrogens (primary N) is 1. The molecule has 1 fully saturated rings. The van der Waals surface area contributed by atoms with E-state index in [1.54, 1.807) is 6.07 Å². The van der Waals surface area contributed by atoms with Crippen LogP contribution in [0.25, 0.3) is 0 Å². The second-order valence-corrected chi connectivity index (χ2v) is 4.32. The fourth-order valence-electron chi connectivity index (χ4n) is 2.10. The van der Waals surface area contributed by atoms with E-state index in [0.29, 0.717) is 24.9 Å². The highest BCUT2D eigenvalue weighted by Crippen LogP contribution is 2.28. The molecular weight excluding hydrogens is 216 g/mol. The minimum atomic E-state index is -0.200. The molecule has 1 aliphatic rings. The van der Waals surface area contributed by atoms with Crippen molar-refractivity contribution < 1.29 is 9.59 Å². The summed E-state index contributed by atoms with van der Waals surface area (Å²) in [4.78, 5) is 25.0. The Kier molecular flexibility index (Phi) is 3.24. The molecule has 4 nitrogen and oxygen atoms in total. The zero-order valence-electron chi connectivity index (χ0n) is 9.85. The minimum absolute atomic E-state index is 0.130. The number of para-hydroxylation sites is 1. The maximum atomic E-state index is 11.8. The van der Waals surface area contributed by atoms with Gasteiger partial charge in [-0.2, -0.15) is 0 Å². The maximum Gasteiger partial charge on any atom is 0.233 e. The SMILES string of the molecule is CC(N)c1ccccc1N1C(=O)CCCC1=O. The third-order valence-electron chi connectivity index (χ3n) is 2.95. The smallest absolute Gasteiger partial charge is 0.233 e. The molecule has 1 aromatic rings. The number of hydrogen-bond acceptors (Lipinski definition) is 3. The molecule has 0 bridgehead atoms. The molecule has 0 saturated carbocycles. The molecule has 1 unspecified atom stereocenters. The quantitative estimate of drug-likeness (QED) is 0.790. The molecule has 4 heteroatoms. The van der Waals surface area contributed by atoms with Crippen molar-refractivity contribution >= 4 is 17.5 Å². The van der Waals surface area contributed by atoms with Gasteiger partial charge in [0.2, 0.25) is 11.8 Å². The van der Waals surface area contributed by atoms with E-state index in [1.807, 2.05) is 25.1 Å². The molecule has 2 amide bonds. The highest BCUT2D eigenvalue weighted by molar-refractivity contribution is 6.16. The molecule has 1 atom stereocenters. The Bertz CT molecular complexity index is 438. The summed E-state index contributed by atoms with van der Waals surface area (Å²) < 4.78 is 0. The first-order chi connectivity index (χ1) is 8.11. The van der Waals surface area contributed by atoms with Crippen molar-refractivity contribution in [3.05, 3.63) is 29.8 Å². The van der Waals surface area contributed by atoms with Crippen molar-refractivity contribution in [1.82, 2.24) is 0 Å². The van der Waals surface area contributed by atoms with E-state index in [2.05, 4.69) is 0 Å². The Morgan fingerprint density at radius 3 is 2.35 bits per heavy atom. The number of rotatable bonds is 2. The van der Waals surface area contributed by atoms with E-state index in [-0.39, 0.29) is 17.9 Å². The molecule has 2 rings (SSSR count). The van der Waals surface area contributed by atoms with Gasteiger partial charge in [0.25, 0.3) is 0 Å². The van der Waals surface area contributed by atoms with E-state index in [0.717, 1.165) is 5.56 Å². The van der Waals surface area contributed by atoms with Crippen molar-refractivity contribution in [2.24, 2.45) is 5.73 Å². The molecule has 1 aliphatic heterocycles. The molecule has 0 spiro atoms. The van der Waals surface area contributed by atoms with Crippen LogP contribution in [0, 0.1) is 0 Å². The molecule has 2 N–H and O–H groups in total. The first kappa shape index (κ1) is 11.8. The fraction of sp³-hybridized carbons (Fsp3) is 0.385. The van der Waals surface area contributed by atoms with Crippen LogP contribution in [0.15, 0.2) is 24.3 Å². The summed E-state index contributed by atoms with van der Waals surface area (Å²) in [5, 5.41) is 0. The predicted octanol–water partition coefficient (Wildman–Crippen LogP) is 1.75. The van der Waals surface area contributed by atoms with Crippen LogP contribution < -0.4 is 10.6 Å². The standard InChI is InChI=1S/C13H16N2O2/c1-9(14)10-5-2-3-6-11(10)15-12(16)7-4-8-13(15)17/h2-3,5-6,9H,4,7-8,14H2,1H3. The molecule has 17 heavy (non-hydrogen) atoms. The summed E-state index contributed by atoms with van der Waals surface area (Å²) in [5.74, 6) is -0.260. The zero-order valence-corrected chi connectivity index (χ0v) is 9.85. The minimum Gasteiger partial charge on any atom is -0.324 e. The second kappa shape index (κ2) is 4.67. The summed E-state index contributed by atoms with van der Waals surface area (Å²) in [6.45, 7) is 1.84. The van der Waals surface area contributed by atoms with Crippen LogP contribution in [0.2, 0.25) is 0 Å². The molecule has 0 radical (unpaired) electrons. The van der Waals surface area contributed by atoms with Crippen LogP contribution in [0.4, 0.5) is 5.69 Å². The first-order valence-corrected chi connectivity index (χ1v) is 5.81. The summed E-state index contributed by atoms with van der Waals surface area (Å²) in [5.41, 5.74) is 7.33. The lowest BCUT2D eigenvalue weighted by Gasteiger charge is -2.27. The zero-order chi connectivity index (χ0) is 12.4. The van der Waals surface area contributed by atoms with Gasteiger partial charge in [0, 0.05) is 18.9 Å². The summed E-state index contributed by atoms with van der Waals surface area (Å²) in [6.07, 6.45) is 1.51. The van der Waals surface area contributed by atoms with Crippen LogP contribution in [0.3, 0.4) is 0 Å². The van der Waals surface area contributed by atoms with Gasteiger partial charge < -0.3 is 5.73 Å². The van der Waals surface area contributed by atoms with E-state index in [1.165, 1.54) is 4.90 Å². The highest BCUT2D eigenvalue weighted by Gasteiger charge is 2.29. The van der Waals surface area contributed by atoms with Crippen molar-refractivity contribution in [2.75, 3.05) is 4.90 Å². The molecule has 1 aromatic carbocycles. The summed E-state index contributed by atoms with van der Waals surface area (Å²) in [7, 11) is 0. The number of carbonyl (C=O) groups excluding carboxylic acids is 2. The van der Waals surface area contributed by atoms with Crippen LogP contribution in [0.5, 0.6) is 0 Å². The summed E-state index contributed by atoms with van der Waals surface area (Å²) >= 11 is 0. The topological polar surface area (TPSA) is 63.4 Å². The second-order valence-electron chi connectivity index (χ2n) is 4.32. The number of anilines is 1. The van der Waals surface area contributed by atoms with Gasteiger partial charge in [-0.3, -0.25) is 14.5 Å². The lowest BCUT2D eigenvalue weighted by molar-refractivity contribution is -0.129. The van der Waals surface area contributed by atoms with Crippen LogP contribution in [-0.4, -0.2) is 11.8 Å². The molecule has 90 valence electrons. The highest BCUT2D eigenvalue weighted by atomic mass is 16.2. The van der Waals surface area contributed by atoms with Crippen molar-refractivity contribution in [1.29, 1.82) is 0 Å². The van der Waals surface area contributed by atoms with Crippen LogP contribution in [0.1, 0.15) is 37.8 Å². The lowest BCUT2D eigenvalue weighted by atomic mass is 10.0. The summed E-state index contributed by atoms with van der Waals surface area (Å²) in [6, 6.07) is 7.11. The van der Waals surface area contributed by atoms with Gasteiger partial charge in [0.05, 0.1) is 5.69 Å². The number of imide groups is 1. The van der Waals surface area contributed by atoms with Gasteiger partial charge in [0.1, 0.15) is 0 Å². The van der Waals surface area contributed by atoms with E-state index in [4.69, 9.17) is 5.73 Å². The van der Waals surface area contributed by atoms with Gasteiger partial charge >= 0.3 is 0 Å². The van der Waals surface area contributed by atoms with Gasteiger partial charge in [0.15, 0.2) is 0 Å².